The maximum Gasteiger partial charge on any atom is 0.416 e. The summed E-state index contributed by atoms with van der Waals surface area (Å²) in [6.07, 6.45) is -4.45. The summed E-state index contributed by atoms with van der Waals surface area (Å²) in [5, 5.41) is 4.91. The number of aryl methyl sites for hydroxylation is 1. The number of carbonyl (C=O) groups is 1. The van der Waals surface area contributed by atoms with Crippen molar-refractivity contribution in [1.82, 2.24) is 5.32 Å². The van der Waals surface area contributed by atoms with Crippen LogP contribution >= 0.6 is 28.1 Å². The maximum absolute atomic E-state index is 12.7. The van der Waals surface area contributed by atoms with E-state index in [9.17, 15) is 18.0 Å². The molecule has 24 heavy (non-hydrogen) atoms. The SMILES string of the molecule is Cc1ccc(C(=O)NC(=S)Nc2cccc(C(F)(F)F)c2)cc1Br. The minimum absolute atomic E-state index is 0.0870. The Morgan fingerprint density at radius 1 is 1.17 bits per heavy atom. The molecule has 0 unspecified atom stereocenters. The molecule has 0 saturated heterocycles. The first-order valence-electron chi connectivity index (χ1n) is 6.72. The number of thiocarbonyl (C=S) groups is 1. The molecule has 0 fully saturated rings. The van der Waals surface area contributed by atoms with Crippen LogP contribution < -0.4 is 10.6 Å². The van der Waals surface area contributed by atoms with Gasteiger partial charge in [-0.3, -0.25) is 10.1 Å². The predicted molar refractivity (Wildman–Crippen MR) is 94.0 cm³/mol. The third kappa shape index (κ3) is 4.78. The number of halogens is 4. The smallest absolute Gasteiger partial charge is 0.332 e. The standard InChI is InChI=1S/C16H12BrF3N2OS/c1-9-5-6-10(7-13(9)17)14(23)22-15(24)21-12-4-2-3-11(8-12)16(18,19)20/h2-8H,1H3,(H2,21,22,23,24). The highest BCUT2D eigenvalue weighted by Gasteiger charge is 2.30. The molecular weight excluding hydrogens is 405 g/mol. The molecule has 0 bridgehead atoms. The highest BCUT2D eigenvalue weighted by Crippen LogP contribution is 2.30. The molecule has 0 aromatic heterocycles. The number of carbonyl (C=O) groups excluding carboxylic acids is 1. The average molecular weight is 417 g/mol. The van der Waals surface area contributed by atoms with E-state index < -0.39 is 17.6 Å². The Labute approximate surface area is 150 Å². The molecule has 0 aliphatic heterocycles. The van der Waals surface area contributed by atoms with Crippen molar-refractivity contribution in [1.29, 1.82) is 0 Å². The van der Waals surface area contributed by atoms with Gasteiger partial charge in [0.05, 0.1) is 5.56 Å². The van der Waals surface area contributed by atoms with Gasteiger partial charge >= 0.3 is 6.18 Å². The number of rotatable bonds is 2. The number of benzene rings is 2. The van der Waals surface area contributed by atoms with Crippen LogP contribution in [0.5, 0.6) is 0 Å². The molecule has 2 rings (SSSR count). The van der Waals surface area contributed by atoms with Gasteiger partial charge in [0.2, 0.25) is 0 Å². The summed E-state index contributed by atoms with van der Waals surface area (Å²) in [6.45, 7) is 1.88. The summed E-state index contributed by atoms with van der Waals surface area (Å²) in [5.74, 6) is -0.458. The summed E-state index contributed by atoms with van der Waals surface area (Å²) >= 11 is 8.30. The molecule has 1 amide bonds. The van der Waals surface area contributed by atoms with Crippen LogP contribution in [0.15, 0.2) is 46.9 Å². The molecule has 8 heteroatoms. The van der Waals surface area contributed by atoms with Gasteiger partial charge in [0.1, 0.15) is 0 Å². The van der Waals surface area contributed by atoms with Gasteiger partial charge in [-0.05, 0) is 55.0 Å². The summed E-state index contributed by atoms with van der Waals surface area (Å²) in [4.78, 5) is 12.1. The van der Waals surface area contributed by atoms with Crippen molar-refractivity contribution in [3.63, 3.8) is 0 Å². The van der Waals surface area contributed by atoms with E-state index in [4.69, 9.17) is 12.2 Å². The molecule has 0 radical (unpaired) electrons. The highest BCUT2D eigenvalue weighted by atomic mass is 79.9. The normalized spacial score (nSPS) is 11.0. The third-order valence-electron chi connectivity index (χ3n) is 3.11. The molecule has 0 aliphatic rings. The Balaban J connectivity index is 2.05. The summed E-state index contributed by atoms with van der Waals surface area (Å²) in [5.41, 5.74) is 0.682. The highest BCUT2D eigenvalue weighted by molar-refractivity contribution is 9.10. The van der Waals surface area contributed by atoms with E-state index in [1.165, 1.54) is 12.1 Å². The van der Waals surface area contributed by atoms with Crippen LogP contribution in [-0.2, 0) is 6.18 Å². The second-order valence-electron chi connectivity index (χ2n) is 4.95. The van der Waals surface area contributed by atoms with E-state index in [-0.39, 0.29) is 10.8 Å². The Hall–Kier alpha value is -1.93. The zero-order chi connectivity index (χ0) is 17.9. The molecule has 3 nitrogen and oxygen atoms in total. The molecule has 0 heterocycles. The molecule has 2 aromatic carbocycles. The fourth-order valence-electron chi connectivity index (χ4n) is 1.85. The van der Waals surface area contributed by atoms with Crippen molar-refractivity contribution in [3.8, 4) is 0 Å². The van der Waals surface area contributed by atoms with Gasteiger partial charge in [0, 0.05) is 15.7 Å². The average Bonchev–Trinajstić information content (AvgIpc) is 2.49. The zero-order valence-corrected chi connectivity index (χ0v) is 14.8. The first kappa shape index (κ1) is 18.4. The minimum Gasteiger partial charge on any atom is -0.332 e. The summed E-state index contributed by atoms with van der Waals surface area (Å²) < 4.78 is 38.8. The molecule has 0 aliphatic carbocycles. The Kier molecular flexibility index (Phi) is 5.61. The lowest BCUT2D eigenvalue weighted by Gasteiger charge is -2.12. The largest absolute Gasteiger partial charge is 0.416 e. The van der Waals surface area contributed by atoms with Crippen molar-refractivity contribution >= 4 is 44.9 Å². The van der Waals surface area contributed by atoms with E-state index in [1.807, 2.05) is 6.92 Å². The van der Waals surface area contributed by atoms with Gasteiger partial charge < -0.3 is 5.32 Å². The first-order chi connectivity index (χ1) is 11.2. The fourth-order valence-corrected chi connectivity index (χ4v) is 2.43. The van der Waals surface area contributed by atoms with E-state index in [0.717, 1.165) is 22.2 Å². The number of nitrogens with one attached hydrogen (secondary N) is 2. The molecule has 0 spiro atoms. The molecule has 126 valence electrons. The van der Waals surface area contributed by atoms with E-state index in [0.29, 0.717) is 5.56 Å². The summed E-state index contributed by atoms with van der Waals surface area (Å²) in [7, 11) is 0. The van der Waals surface area contributed by atoms with E-state index in [2.05, 4.69) is 26.6 Å². The second-order valence-corrected chi connectivity index (χ2v) is 6.21. The van der Waals surface area contributed by atoms with Gasteiger partial charge in [0.25, 0.3) is 5.91 Å². The maximum atomic E-state index is 12.7. The van der Waals surface area contributed by atoms with E-state index in [1.54, 1.807) is 18.2 Å². The zero-order valence-electron chi connectivity index (χ0n) is 12.4. The molecular formula is C16H12BrF3N2OS. The van der Waals surface area contributed by atoms with E-state index >= 15 is 0 Å². The van der Waals surface area contributed by atoms with Gasteiger partial charge in [0.15, 0.2) is 5.11 Å². The third-order valence-corrected chi connectivity index (χ3v) is 4.17. The Bertz CT molecular complexity index is 793. The van der Waals surface area contributed by atoms with Gasteiger partial charge in [-0.2, -0.15) is 13.2 Å². The van der Waals surface area contributed by atoms with Gasteiger partial charge in [-0.25, -0.2) is 0 Å². The minimum atomic E-state index is -4.45. The van der Waals surface area contributed by atoms with Gasteiger partial charge in [-0.1, -0.05) is 28.1 Å². The topological polar surface area (TPSA) is 41.1 Å². The molecule has 0 atom stereocenters. The molecule has 2 aromatic rings. The first-order valence-corrected chi connectivity index (χ1v) is 7.92. The second kappa shape index (κ2) is 7.31. The van der Waals surface area contributed by atoms with Crippen molar-refractivity contribution < 1.29 is 18.0 Å². The number of anilines is 1. The monoisotopic (exact) mass is 416 g/mol. The van der Waals surface area contributed by atoms with Crippen LogP contribution in [0.1, 0.15) is 21.5 Å². The fraction of sp³-hybridized carbons (Fsp3) is 0.125. The lowest BCUT2D eigenvalue weighted by molar-refractivity contribution is -0.137. The predicted octanol–water partition coefficient (Wildman–Crippen LogP) is 4.90. The lowest BCUT2D eigenvalue weighted by atomic mass is 10.1. The lowest BCUT2D eigenvalue weighted by Crippen LogP contribution is -2.34. The van der Waals surface area contributed by atoms with Gasteiger partial charge in [-0.15, -0.1) is 0 Å². The van der Waals surface area contributed by atoms with Crippen molar-refractivity contribution in [3.05, 3.63) is 63.6 Å². The quantitative estimate of drug-likeness (QED) is 0.683. The van der Waals surface area contributed by atoms with Crippen molar-refractivity contribution in [2.45, 2.75) is 13.1 Å². The van der Waals surface area contributed by atoms with Crippen molar-refractivity contribution in [2.24, 2.45) is 0 Å². The molecule has 0 saturated carbocycles. The van der Waals surface area contributed by atoms with Crippen molar-refractivity contribution in [2.75, 3.05) is 5.32 Å². The number of amides is 1. The van der Waals surface area contributed by atoms with Crippen LogP contribution in [0.4, 0.5) is 18.9 Å². The Morgan fingerprint density at radius 2 is 1.88 bits per heavy atom. The van der Waals surface area contributed by atoms with Crippen LogP contribution in [0.25, 0.3) is 0 Å². The Morgan fingerprint density at radius 3 is 2.50 bits per heavy atom. The van der Waals surface area contributed by atoms with Crippen LogP contribution in [0.3, 0.4) is 0 Å². The van der Waals surface area contributed by atoms with Crippen LogP contribution in [0, 0.1) is 6.92 Å². The molecule has 2 N–H and O–H groups in total. The number of hydrogen-bond donors (Lipinski definition) is 2. The summed E-state index contributed by atoms with van der Waals surface area (Å²) in [6, 6.07) is 9.59. The van der Waals surface area contributed by atoms with Crippen LogP contribution in [-0.4, -0.2) is 11.0 Å². The van der Waals surface area contributed by atoms with Crippen LogP contribution in [0.2, 0.25) is 0 Å². The number of alkyl halides is 3. The number of hydrogen-bond acceptors (Lipinski definition) is 2.